The van der Waals surface area contributed by atoms with Gasteiger partial charge >= 0.3 is 59.2 Å². The summed E-state index contributed by atoms with van der Waals surface area (Å²) in [7, 11) is -4.47. The molecule has 5 nitrogen and oxygen atoms in total. The van der Waals surface area contributed by atoms with Crippen LogP contribution < -0.4 is 51.4 Å². The summed E-state index contributed by atoms with van der Waals surface area (Å²) in [5, 5.41) is 0. The largest absolute Gasteiger partial charge is 1.00 e. The van der Waals surface area contributed by atoms with Crippen molar-refractivity contribution in [3.8, 4) is 0 Å². The van der Waals surface area contributed by atoms with Gasteiger partial charge in [0.2, 0.25) is 0 Å². The van der Waals surface area contributed by atoms with E-state index in [1.807, 2.05) is 0 Å². The van der Waals surface area contributed by atoms with Crippen LogP contribution in [0.1, 0.15) is 72.6 Å². The monoisotopic (exact) mass is 322 g/mol. The van der Waals surface area contributed by atoms with E-state index in [9.17, 15) is 4.57 Å². The van der Waals surface area contributed by atoms with Crippen molar-refractivity contribution in [3.05, 3.63) is 0 Å². The van der Waals surface area contributed by atoms with E-state index in [-0.39, 0.29) is 59.4 Å². The SMILES string of the molecule is CCCCCCCCCCCCOOP(=O)(O)O.[H-].[K+]. The van der Waals surface area contributed by atoms with Crippen LogP contribution in [0, 0.1) is 0 Å². The Kier molecular flexibility index (Phi) is 19.5. The second kappa shape index (κ2) is 16.1. The predicted molar refractivity (Wildman–Crippen MR) is 72.0 cm³/mol. The predicted octanol–water partition coefficient (Wildman–Crippen LogP) is 1.06. The van der Waals surface area contributed by atoms with Gasteiger partial charge in [0.25, 0.3) is 0 Å². The minimum atomic E-state index is -4.47. The Morgan fingerprint density at radius 1 is 0.895 bits per heavy atom. The van der Waals surface area contributed by atoms with Crippen molar-refractivity contribution in [1.29, 1.82) is 0 Å². The maximum atomic E-state index is 10.3. The van der Waals surface area contributed by atoms with Crippen molar-refractivity contribution in [1.82, 2.24) is 0 Å². The average molecular weight is 322 g/mol. The first-order valence-corrected chi connectivity index (χ1v) is 8.46. The number of unbranched alkanes of at least 4 members (excludes halogenated alkanes) is 9. The molecule has 0 aromatic heterocycles. The average Bonchev–Trinajstić information content (AvgIpc) is 2.29. The Hall–Kier alpha value is 1.71. The van der Waals surface area contributed by atoms with Gasteiger partial charge in [0.1, 0.15) is 0 Å². The van der Waals surface area contributed by atoms with E-state index in [0.29, 0.717) is 0 Å². The summed E-state index contributed by atoms with van der Waals surface area (Å²) in [6.45, 7) is 2.46. The second-order valence-electron chi connectivity index (χ2n) is 4.57. The third-order valence-corrected chi connectivity index (χ3v) is 3.03. The van der Waals surface area contributed by atoms with Crippen molar-refractivity contribution in [2.75, 3.05) is 6.61 Å². The fraction of sp³-hybridized carbons (Fsp3) is 1.00. The minimum Gasteiger partial charge on any atom is -1.00 e. The van der Waals surface area contributed by atoms with Gasteiger partial charge in [0, 0.05) is 0 Å². The molecule has 0 aliphatic rings. The van der Waals surface area contributed by atoms with Crippen LogP contribution >= 0.6 is 7.82 Å². The van der Waals surface area contributed by atoms with Crippen molar-refractivity contribution in [2.24, 2.45) is 0 Å². The minimum absolute atomic E-state index is 0. The normalized spacial score (nSPS) is 11.3. The molecule has 0 fully saturated rings. The fourth-order valence-electron chi connectivity index (χ4n) is 1.75. The van der Waals surface area contributed by atoms with Crippen LogP contribution in [-0.4, -0.2) is 16.4 Å². The van der Waals surface area contributed by atoms with Gasteiger partial charge in [-0.1, -0.05) is 64.7 Å². The molecule has 2 N–H and O–H groups in total. The van der Waals surface area contributed by atoms with Gasteiger partial charge in [0.15, 0.2) is 0 Å². The molecular weight excluding hydrogens is 294 g/mol. The van der Waals surface area contributed by atoms with E-state index < -0.39 is 7.82 Å². The molecule has 0 aliphatic heterocycles. The third kappa shape index (κ3) is 22.1. The Balaban J connectivity index is -0.00000144. The molecule has 112 valence electrons. The van der Waals surface area contributed by atoms with E-state index in [0.717, 1.165) is 19.3 Å². The molecule has 0 saturated heterocycles. The number of hydrogen-bond donors (Lipinski definition) is 2. The van der Waals surface area contributed by atoms with E-state index in [4.69, 9.17) is 9.79 Å². The molecule has 0 aromatic rings. The van der Waals surface area contributed by atoms with Crippen LogP contribution in [0.25, 0.3) is 0 Å². The molecule has 0 rings (SSSR count). The molecule has 7 heteroatoms. The molecule has 0 spiro atoms. The molecule has 0 saturated carbocycles. The van der Waals surface area contributed by atoms with Gasteiger partial charge < -0.3 is 11.2 Å². The maximum Gasteiger partial charge on any atom is 1.00 e. The standard InChI is InChI=1S/C12H27O5P.K.H/c1-2-3-4-5-6-7-8-9-10-11-12-16-17-18(13,14)15;;/h2-12H2,1H3,(H2,13,14,15);;/q;+1;-1. The zero-order valence-corrected chi connectivity index (χ0v) is 16.4. The Labute approximate surface area is 160 Å². The Morgan fingerprint density at radius 3 is 1.74 bits per heavy atom. The smallest absolute Gasteiger partial charge is 1.00 e. The number of phosphoric acid groups is 1. The Morgan fingerprint density at radius 2 is 1.32 bits per heavy atom. The molecule has 0 heterocycles. The second-order valence-corrected chi connectivity index (χ2v) is 5.70. The first-order valence-electron chi connectivity index (χ1n) is 6.93. The molecule has 0 unspecified atom stereocenters. The molecule has 0 aromatic carbocycles. The first kappa shape index (κ1) is 23.0. The van der Waals surface area contributed by atoms with Crippen LogP contribution in [0.4, 0.5) is 0 Å². The number of rotatable bonds is 13. The summed E-state index contributed by atoms with van der Waals surface area (Å²) in [6.07, 6.45) is 12.1. The van der Waals surface area contributed by atoms with E-state index in [1.165, 1.54) is 44.9 Å². The molecule has 0 aliphatic carbocycles. The van der Waals surface area contributed by atoms with E-state index in [2.05, 4.69) is 16.5 Å². The zero-order valence-electron chi connectivity index (χ0n) is 13.3. The summed E-state index contributed by atoms with van der Waals surface area (Å²) in [6, 6.07) is 0. The molecular formula is C12H28KO5P. The molecule has 0 atom stereocenters. The molecule has 0 radical (unpaired) electrons. The van der Waals surface area contributed by atoms with E-state index >= 15 is 0 Å². The quantitative estimate of drug-likeness (QED) is 0.174. The van der Waals surface area contributed by atoms with Crippen molar-refractivity contribution >= 4 is 7.82 Å². The summed E-state index contributed by atoms with van der Waals surface area (Å²) in [5.74, 6) is 0. The molecule has 0 amide bonds. The fourth-order valence-corrected chi connectivity index (χ4v) is 1.97. The van der Waals surface area contributed by atoms with Crippen LogP contribution in [0.2, 0.25) is 0 Å². The zero-order chi connectivity index (χ0) is 13.7. The molecule has 0 bridgehead atoms. The van der Waals surface area contributed by atoms with Crippen LogP contribution in [0.15, 0.2) is 0 Å². The van der Waals surface area contributed by atoms with Gasteiger partial charge in [-0.2, -0.15) is 0 Å². The van der Waals surface area contributed by atoms with Crippen molar-refractivity contribution in [2.45, 2.75) is 71.1 Å². The van der Waals surface area contributed by atoms with Gasteiger partial charge in [-0.05, 0) is 6.42 Å². The van der Waals surface area contributed by atoms with Crippen molar-refractivity contribution < 1.29 is 76.7 Å². The summed E-state index contributed by atoms with van der Waals surface area (Å²) >= 11 is 0. The molecule has 19 heavy (non-hydrogen) atoms. The topological polar surface area (TPSA) is 76.0 Å². The van der Waals surface area contributed by atoms with Crippen LogP contribution in [-0.2, 0) is 14.1 Å². The van der Waals surface area contributed by atoms with Gasteiger partial charge in [-0.15, -0.1) is 4.67 Å². The summed E-state index contributed by atoms with van der Waals surface area (Å²) in [5.41, 5.74) is 0. The van der Waals surface area contributed by atoms with Gasteiger partial charge in [-0.25, -0.2) is 9.45 Å². The van der Waals surface area contributed by atoms with Crippen LogP contribution in [0.3, 0.4) is 0 Å². The number of hydrogen-bond acceptors (Lipinski definition) is 3. The Bertz CT molecular complexity index is 228. The van der Waals surface area contributed by atoms with Crippen molar-refractivity contribution in [3.63, 3.8) is 0 Å². The van der Waals surface area contributed by atoms with E-state index in [1.54, 1.807) is 0 Å². The van der Waals surface area contributed by atoms with Gasteiger partial charge in [-0.3, -0.25) is 0 Å². The first-order chi connectivity index (χ1) is 8.56. The maximum absolute atomic E-state index is 10.3. The third-order valence-electron chi connectivity index (χ3n) is 2.73. The van der Waals surface area contributed by atoms with Crippen LogP contribution in [0.5, 0.6) is 0 Å². The van der Waals surface area contributed by atoms with Gasteiger partial charge in [0.05, 0.1) is 6.61 Å². The summed E-state index contributed by atoms with van der Waals surface area (Å²) < 4.78 is 14.1. The summed E-state index contributed by atoms with van der Waals surface area (Å²) in [4.78, 5) is 21.1.